The second-order valence-corrected chi connectivity index (χ2v) is 12.6. The number of H-pyrrole nitrogens is 1. The van der Waals surface area contributed by atoms with Crippen molar-refractivity contribution in [1.82, 2.24) is 33.4 Å². The molecular formula is C26H32ClN7O4S. The van der Waals surface area contributed by atoms with Crippen molar-refractivity contribution >= 4 is 38.3 Å². The fourth-order valence-corrected chi connectivity index (χ4v) is 8.08. The number of hydrogen-bond acceptors (Lipinski definition) is 7. The number of halogens is 1. The third-order valence-corrected chi connectivity index (χ3v) is 10.2. The number of aryl methyl sites for hydroxylation is 1. The first-order valence-electron chi connectivity index (χ1n) is 13.4. The standard InChI is InChI=1S/C26H32ClN7O4S/c1-4-10-32-24-21(27)22(29-23(24)25-30-28-15-33(25)26(32)35)19-12-18(8-9-20(19)38-5-2)39(36,37)34-14-17-7-6-11-31(17)13-16(34)3/h8-9,12,15-17,29H,4-7,10-11,13-14H2,1-3H3/t16-,17+/m1/s1. The molecule has 0 radical (unpaired) electrons. The maximum absolute atomic E-state index is 14.0. The van der Waals surface area contributed by atoms with E-state index in [-0.39, 0.29) is 22.7 Å². The molecule has 0 spiro atoms. The van der Waals surface area contributed by atoms with E-state index in [0.717, 1.165) is 25.9 Å². The number of aromatic amines is 1. The molecule has 1 aromatic carbocycles. The van der Waals surface area contributed by atoms with Crippen molar-refractivity contribution < 1.29 is 13.2 Å². The van der Waals surface area contributed by atoms with Crippen LogP contribution in [0.4, 0.5) is 0 Å². The van der Waals surface area contributed by atoms with Gasteiger partial charge in [0.05, 0.1) is 27.7 Å². The molecule has 2 atom stereocenters. The van der Waals surface area contributed by atoms with Crippen LogP contribution in [-0.2, 0) is 16.6 Å². The Hall–Kier alpha value is -2.93. The smallest absolute Gasteiger partial charge is 0.335 e. The fourth-order valence-electron chi connectivity index (χ4n) is 6.05. The minimum atomic E-state index is -3.79. The van der Waals surface area contributed by atoms with Gasteiger partial charge in [-0.25, -0.2) is 17.6 Å². The molecule has 11 nitrogen and oxygen atoms in total. The van der Waals surface area contributed by atoms with Crippen molar-refractivity contribution in [2.75, 3.05) is 26.2 Å². The summed E-state index contributed by atoms with van der Waals surface area (Å²) in [5.41, 5.74) is 2.06. The van der Waals surface area contributed by atoms with Gasteiger partial charge < -0.3 is 9.72 Å². The zero-order chi connectivity index (χ0) is 27.5. The molecule has 0 amide bonds. The number of sulfonamides is 1. The summed E-state index contributed by atoms with van der Waals surface area (Å²) in [6, 6.07) is 5.00. The maximum Gasteiger partial charge on any atom is 0.335 e. The SMILES string of the molecule is CCCn1c(=O)n2cnnc2c2[nH]c(-c3cc(S(=O)(=O)N4C[C@@H]5CCCN5C[C@H]4C)ccc3OCC)c(Cl)c21. The third kappa shape index (κ3) is 4.16. The maximum atomic E-state index is 14.0. The molecule has 2 fully saturated rings. The Bertz CT molecular complexity index is 1730. The molecule has 4 aromatic rings. The van der Waals surface area contributed by atoms with Gasteiger partial charge in [-0.3, -0.25) is 9.47 Å². The molecule has 0 bridgehead atoms. The molecule has 0 unspecified atom stereocenters. The summed E-state index contributed by atoms with van der Waals surface area (Å²) in [6.07, 6.45) is 4.19. The summed E-state index contributed by atoms with van der Waals surface area (Å²) in [7, 11) is -3.79. The first kappa shape index (κ1) is 26.3. The van der Waals surface area contributed by atoms with Gasteiger partial charge in [0.1, 0.15) is 17.6 Å². The van der Waals surface area contributed by atoms with Crippen LogP contribution in [0.1, 0.15) is 40.0 Å². The van der Waals surface area contributed by atoms with Crippen LogP contribution in [0.25, 0.3) is 27.9 Å². The molecule has 3 aromatic heterocycles. The van der Waals surface area contributed by atoms with E-state index >= 15 is 0 Å². The monoisotopic (exact) mass is 573 g/mol. The summed E-state index contributed by atoms with van der Waals surface area (Å²) in [4.78, 5) is 19.1. The van der Waals surface area contributed by atoms with Crippen LogP contribution in [0, 0.1) is 0 Å². The lowest BCUT2D eigenvalue weighted by Crippen LogP contribution is -2.56. The Morgan fingerprint density at radius 3 is 2.82 bits per heavy atom. The zero-order valence-electron chi connectivity index (χ0n) is 22.2. The molecule has 2 aliphatic rings. The van der Waals surface area contributed by atoms with Crippen molar-refractivity contribution in [1.29, 1.82) is 0 Å². The number of rotatable bonds is 7. The van der Waals surface area contributed by atoms with E-state index in [2.05, 4.69) is 20.1 Å². The topological polar surface area (TPSA) is 118 Å². The van der Waals surface area contributed by atoms with E-state index in [1.807, 2.05) is 20.8 Å². The highest BCUT2D eigenvalue weighted by atomic mass is 35.5. The number of aromatic nitrogens is 5. The van der Waals surface area contributed by atoms with E-state index in [4.69, 9.17) is 16.3 Å². The highest BCUT2D eigenvalue weighted by Crippen LogP contribution is 2.41. The number of ether oxygens (including phenoxy) is 1. The van der Waals surface area contributed by atoms with E-state index in [1.54, 1.807) is 27.1 Å². The van der Waals surface area contributed by atoms with Crippen LogP contribution >= 0.6 is 11.6 Å². The van der Waals surface area contributed by atoms with Gasteiger partial charge in [-0.2, -0.15) is 4.31 Å². The predicted octanol–water partition coefficient (Wildman–Crippen LogP) is 3.36. The van der Waals surface area contributed by atoms with E-state index in [1.165, 1.54) is 10.7 Å². The number of hydrogen-bond donors (Lipinski definition) is 1. The van der Waals surface area contributed by atoms with Crippen molar-refractivity contribution in [2.45, 2.75) is 63.6 Å². The second kappa shape index (κ2) is 9.92. The molecule has 13 heteroatoms. The molecule has 2 saturated heterocycles. The van der Waals surface area contributed by atoms with Gasteiger partial charge in [0, 0.05) is 37.3 Å². The molecule has 5 heterocycles. The minimum Gasteiger partial charge on any atom is -0.493 e. The van der Waals surface area contributed by atoms with Gasteiger partial charge in [0.25, 0.3) is 0 Å². The lowest BCUT2D eigenvalue weighted by molar-refractivity contribution is 0.117. The Morgan fingerprint density at radius 2 is 2.05 bits per heavy atom. The zero-order valence-corrected chi connectivity index (χ0v) is 23.8. The van der Waals surface area contributed by atoms with Gasteiger partial charge >= 0.3 is 5.69 Å². The lowest BCUT2D eigenvalue weighted by atomic mass is 10.1. The highest BCUT2D eigenvalue weighted by Gasteiger charge is 2.40. The molecule has 2 aliphatic heterocycles. The average molecular weight is 574 g/mol. The number of nitrogens with one attached hydrogen (secondary N) is 1. The van der Waals surface area contributed by atoms with Gasteiger partial charge in [0.2, 0.25) is 10.0 Å². The second-order valence-electron chi connectivity index (χ2n) is 10.3. The van der Waals surface area contributed by atoms with E-state index in [0.29, 0.717) is 64.8 Å². The molecule has 6 rings (SSSR count). The van der Waals surface area contributed by atoms with E-state index in [9.17, 15) is 13.2 Å². The summed E-state index contributed by atoms with van der Waals surface area (Å²) in [6.45, 7) is 8.86. The Kier molecular flexibility index (Phi) is 6.69. The van der Waals surface area contributed by atoms with Crippen molar-refractivity contribution in [2.24, 2.45) is 0 Å². The normalized spacial score (nSPS) is 20.7. The highest BCUT2D eigenvalue weighted by molar-refractivity contribution is 7.89. The molecular weight excluding hydrogens is 542 g/mol. The van der Waals surface area contributed by atoms with Crippen LogP contribution in [0.15, 0.2) is 34.2 Å². The van der Waals surface area contributed by atoms with Crippen LogP contribution < -0.4 is 10.4 Å². The average Bonchev–Trinajstić information content (AvgIpc) is 3.65. The quantitative estimate of drug-likeness (QED) is 0.360. The fraction of sp³-hybridized carbons (Fsp3) is 0.500. The van der Waals surface area contributed by atoms with E-state index < -0.39 is 10.0 Å². The molecule has 0 aliphatic carbocycles. The third-order valence-electron chi connectivity index (χ3n) is 7.85. The first-order valence-corrected chi connectivity index (χ1v) is 15.2. The predicted molar refractivity (Wildman–Crippen MR) is 149 cm³/mol. The Morgan fingerprint density at radius 1 is 1.23 bits per heavy atom. The van der Waals surface area contributed by atoms with Gasteiger partial charge in [-0.1, -0.05) is 18.5 Å². The Labute approximate surface area is 231 Å². The van der Waals surface area contributed by atoms with Crippen molar-refractivity contribution in [3.8, 4) is 17.0 Å². The number of benzene rings is 1. The van der Waals surface area contributed by atoms with Crippen LogP contribution in [0.2, 0.25) is 5.02 Å². The number of fused-ring (bicyclic) bond motifs is 4. The van der Waals surface area contributed by atoms with Crippen LogP contribution in [0.5, 0.6) is 5.75 Å². The van der Waals surface area contributed by atoms with Crippen LogP contribution in [-0.4, -0.2) is 80.1 Å². The van der Waals surface area contributed by atoms with Gasteiger partial charge in [-0.05, 0) is 57.9 Å². The number of piperazine rings is 1. The van der Waals surface area contributed by atoms with Gasteiger partial charge in [0.15, 0.2) is 5.65 Å². The molecule has 0 saturated carbocycles. The van der Waals surface area contributed by atoms with Gasteiger partial charge in [-0.15, -0.1) is 10.2 Å². The molecule has 1 N–H and O–H groups in total. The molecule has 39 heavy (non-hydrogen) atoms. The summed E-state index contributed by atoms with van der Waals surface area (Å²) in [5.74, 6) is 0.487. The largest absolute Gasteiger partial charge is 0.493 e. The first-order chi connectivity index (χ1) is 18.8. The molecule has 208 valence electrons. The summed E-state index contributed by atoms with van der Waals surface area (Å²) >= 11 is 6.97. The summed E-state index contributed by atoms with van der Waals surface area (Å²) in [5, 5.41) is 8.36. The van der Waals surface area contributed by atoms with Crippen LogP contribution in [0.3, 0.4) is 0 Å². The number of nitrogens with zero attached hydrogens (tertiary/aromatic N) is 6. The van der Waals surface area contributed by atoms with Crippen molar-refractivity contribution in [3.05, 3.63) is 40.0 Å². The summed E-state index contributed by atoms with van der Waals surface area (Å²) < 4.78 is 38.5. The van der Waals surface area contributed by atoms with Crippen molar-refractivity contribution in [3.63, 3.8) is 0 Å². The Balaban J connectivity index is 1.52. The lowest BCUT2D eigenvalue weighted by Gasteiger charge is -2.41. The minimum absolute atomic E-state index is 0.138.